The van der Waals surface area contributed by atoms with Crippen LogP contribution in [0.2, 0.25) is 0 Å². The van der Waals surface area contributed by atoms with Crippen molar-refractivity contribution in [1.29, 1.82) is 0 Å². The van der Waals surface area contributed by atoms with E-state index in [9.17, 15) is 26.7 Å². The minimum Gasteiger partial charge on any atom is -0.395 e. The smallest absolute Gasteiger partial charge is 0.395 e. The predicted molar refractivity (Wildman–Crippen MR) is 72.4 cm³/mol. The van der Waals surface area contributed by atoms with Gasteiger partial charge >= 0.3 is 18.5 Å². The quantitative estimate of drug-likeness (QED) is 0.795. The average molecular weight is 352 g/mol. The van der Waals surface area contributed by atoms with Gasteiger partial charge in [0.15, 0.2) is 11.5 Å². The highest BCUT2D eigenvalue weighted by Crippen LogP contribution is 2.41. The fourth-order valence-electron chi connectivity index (χ4n) is 1.85. The van der Waals surface area contributed by atoms with E-state index in [1.54, 1.807) is 0 Å². The van der Waals surface area contributed by atoms with Crippen LogP contribution in [-0.4, -0.2) is 18.5 Å². The van der Waals surface area contributed by atoms with Crippen LogP contribution >= 0.6 is 0 Å². The number of benzene rings is 1. The van der Waals surface area contributed by atoms with Crippen molar-refractivity contribution in [2.45, 2.75) is 31.9 Å². The maximum Gasteiger partial charge on any atom is 0.586 e. The van der Waals surface area contributed by atoms with Gasteiger partial charge < -0.3 is 20.1 Å². The van der Waals surface area contributed by atoms with Crippen molar-refractivity contribution in [3.05, 3.63) is 36.0 Å². The van der Waals surface area contributed by atoms with Crippen LogP contribution < -0.4 is 20.1 Å². The van der Waals surface area contributed by atoms with E-state index in [-0.39, 0.29) is 23.7 Å². The molecular weight excluding hydrogens is 339 g/mol. The van der Waals surface area contributed by atoms with Gasteiger partial charge in [-0.15, -0.1) is 8.78 Å². The molecule has 1 aliphatic rings. The van der Waals surface area contributed by atoms with Gasteiger partial charge in [-0.2, -0.15) is 13.2 Å². The number of hydrogen-bond acceptors (Lipinski definition) is 3. The van der Waals surface area contributed by atoms with Gasteiger partial charge in [0.25, 0.3) is 0 Å². The SMILES string of the molecule is C=C(CCC(F)(F)F)NC(=O)NCc1ccc2c(c1)OC(F)(F)O2. The zero-order valence-corrected chi connectivity index (χ0v) is 12.2. The summed E-state index contributed by atoms with van der Waals surface area (Å²) in [7, 11) is 0. The van der Waals surface area contributed by atoms with Gasteiger partial charge in [-0.25, -0.2) is 4.79 Å². The summed E-state index contributed by atoms with van der Waals surface area (Å²) >= 11 is 0. The molecule has 1 aromatic carbocycles. The minimum atomic E-state index is -4.34. The second-order valence-electron chi connectivity index (χ2n) is 4.97. The van der Waals surface area contributed by atoms with Crippen molar-refractivity contribution in [1.82, 2.24) is 10.6 Å². The number of hydrogen-bond donors (Lipinski definition) is 2. The average Bonchev–Trinajstić information content (AvgIpc) is 2.75. The molecule has 0 fully saturated rings. The number of allylic oxidation sites excluding steroid dienone is 1. The Morgan fingerprint density at radius 1 is 1.21 bits per heavy atom. The molecule has 0 aromatic heterocycles. The topological polar surface area (TPSA) is 59.6 Å². The van der Waals surface area contributed by atoms with Gasteiger partial charge in [-0.3, -0.25) is 0 Å². The molecule has 0 saturated heterocycles. The summed E-state index contributed by atoms with van der Waals surface area (Å²) in [6, 6.07) is 3.19. The summed E-state index contributed by atoms with van der Waals surface area (Å²) in [5.74, 6) is -0.303. The van der Waals surface area contributed by atoms with E-state index < -0.39 is 31.3 Å². The molecule has 0 saturated carbocycles. The van der Waals surface area contributed by atoms with Crippen molar-refractivity contribution >= 4 is 6.03 Å². The van der Waals surface area contributed by atoms with Gasteiger partial charge in [-0.05, 0) is 24.1 Å². The van der Waals surface area contributed by atoms with E-state index in [1.807, 2.05) is 0 Å². The zero-order valence-electron chi connectivity index (χ0n) is 12.2. The van der Waals surface area contributed by atoms with Crippen LogP contribution in [0.4, 0.5) is 26.7 Å². The van der Waals surface area contributed by atoms with Crippen molar-refractivity contribution in [3.8, 4) is 11.5 Å². The Hall–Kier alpha value is -2.52. The molecule has 1 heterocycles. The lowest BCUT2D eigenvalue weighted by molar-refractivity contribution is -0.286. The van der Waals surface area contributed by atoms with Crippen molar-refractivity contribution in [3.63, 3.8) is 0 Å². The van der Waals surface area contributed by atoms with Gasteiger partial charge in [0.1, 0.15) is 0 Å². The molecule has 2 amide bonds. The zero-order chi connectivity index (χ0) is 18.0. The third kappa shape index (κ3) is 5.28. The summed E-state index contributed by atoms with van der Waals surface area (Å²) in [6.07, 6.45) is -9.60. The Balaban J connectivity index is 1.80. The predicted octanol–water partition coefficient (Wildman–Crippen LogP) is 3.66. The maximum absolute atomic E-state index is 12.9. The lowest BCUT2D eigenvalue weighted by atomic mass is 10.2. The number of amides is 2. The molecule has 0 aliphatic carbocycles. The Bertz CT molecular complexity index is 646. The van der Waals surface area contributed by atoms with Crippen LogP contribution in [0.25, 0.3) is 0 Å². The van der Waals surface area contributed by atoms with Gasteiger partial charge in [0.05, 0.1) is 0 Å². The van der Waals surface area contributed by atoms with Crippen molar-refractivity contribution in [2.75, 3.05) is 0 Å². The van der Waals surface area contributed by atoms with Crippen LogP contribution in [-0.2, 0) is 6.54 Å². The number of carbonyl (C=O) groups is 1. The third-order valence-corrected chi connectivity index (χ3v) is 2.92. The first-order valence-electron chi connectivity index (χ1n) is 6.72. The lowest BCUT2D eigenvalue weighted by Gasteiger charge is -2.11. The van der Waals surface area contributed by atoms with Gasteiger partial charge in [0, 0.05) is 18.7 Å². The maximum atomic E-state index is 12.9. The van der Waals surface area contributed by atoms with Crippen molar-refractivity contribution in [2.24, 2.45) is 0 Å². The molecule has 0 atom stereocenters. The fraction of sp³-hybridized carbons (Fsp3) is 0.357. The largest absolute Gasteiger partial charge is 0.586 e. The first-order chi connectivity index (χ1) is 11.0. The number of halogens is 5. The van der Waals surface area contributed by atoms with Crippen LogP contribution in [0.3, 0.4) is 0 Å². The standard InChI is InChI=1S/C14H13F5N2O3/c1-8(4-5-13(15,16)17)21-12(22)20-7-9-2-3-10-11(6-9)24-14(18,19)23-10/h2-3,6H,1,4-5,7H2,(H2,20,21,22). The van der Waals surface area contributed by atoms with Crippen LogP contribution in [0.5, 0.6) is 11.5 Å². The Morgan fingerprint density at radius 3 is 2.54 bits per heavy atom. The number of nitrogens with one attached hydrogen (secondary N) is 2. The second-order valence-corrected chi connectivity index (χ2v) is 4.97. The molecule has 0 unspecified atom stereocenters. The molecule has 1 aliphatic heterocycles. The van der Waals surface area contributed by atoms with Gasteiger partial charge in [-0.1, -0.05) is 12.6 Å². The molecule has 5 nitrogen and oxygen atoms in total. The molecule has 2 rings (SSSR count). The first kappa shape index (κ1) is 17.8. The molecular formula is C14H13F5N2O3. The first-order valence-corrected chi connectivity index (χ1v) is 6.72. The highest BCUT2D eigenvalue weighted by atomic mass is 19.4. The number of carbonyl (C=O) groups excluding carboxylic acids is 1. The van der Waals surface area contributed by atoms with Crippen LogP contribution in [0.15, 0.2) is 30.5 Å². The summed E-state index contributed by atoms with van der Waals surface area (Å²) in [6.45, 7) is 3.27. The van der Waals surface area contributed by atoms with Crippen LogP contribution in [0.1, 0.15) is 18.4 Å². The Labute approximate surface area is 133 Å². The van der Waals surface area contributed by atoms with Crippen molar-refractivity contribution < 1.29 is 36.2 Å². The third-order valence-electron chi connectivity index (χ3n) is 2.92. The Kier molecular flexibility index (Phi) is 4.86. The highest BCUT2D eigenvalue weighted by molar-refractivity contribution is 5.75. The molecule has 10 heteroatoms. The molecule has 0 spiro atoms. The van der Waals surface area contributed by atoms with E-state index in [4.69, 9.17) is 0 Å². The van der Waals surface area contributed by atoms with E-state index in [0.717, 1.165) is 0 Å². The van der Waals surface area contributed by atoms with E-state index >= 15 is 0 Å². The Morgan fingerprint density at radius 2 is 1.88 bits per heavy atom. The van der Waals surface area contributed by atoms with Gasteiger partial charge in [0.2, 0.25) is 0 Å². The normalized spacial score (nSPS) is 15.0. The number of ether oxygens (including phenoxy) is 2. The monoisotopic (exact) mass is 352 g/mol. The molecule has 1 aromatic rings. The van der Waals surface area contributed by atoms with E-state index in [2.05, 4.69) is 26.7 Å². The summed E-state index contributed by atoms with van der Waals surface area (Å²) in [5, 5.41) is 4.53. The molecule has 2 N–H and O–H groups in total. The number of alkyl halides is 5. The van der Waals surface area contributed by atoms with E-state index in [0.29, 0.717) is 5.56 Å². The molecule has 0 radical (unpaired) electrons. The number of rotatable bonds is 5. The molecule has 24 heavy (non-hydrogen) atoms. The highest BCUT2D eigenvalue weighted by Gasteiger charge is 2.43. The van der Waals surface area contributed by atoms with E-state index in [1.165, 1.54) is 18.2 Å². The summed E-state index contributed by atoms with van der Waals surface area (Å²) in [4.78, 5) is 11.5. The summed E-state index contributed by atoms with van der Waals surface area (Å²) < 4.78 is 70.4. The molecule has 0 bridgehead atoms. The second kappa shape index (κ2) is 6.54. The lowest BCUT2D eigenvalue weighted by Crippen LogP contribution is -2.34. The van der Waals surface area contributed by atoms with Crippen LogP contribution in [0, 0.1) is 0 Å². The number of urea groups is 1. The number of fused-ring (bicyclic) bond motifs is 1. The molecule has 132 valence electrons. The summed E-state index contributed by atoms with van der Waals surface area (Å²) in [5.41, 5.74) is 0.348. The fourth-order valence-corrected chi connectivity index (χ4v) is 1.85. The minimum absolute atomic E-state index is 0.0550.